The molecular formula is C17H12ClN3. The van der Waals surface area contributed by atoms with Crippen molar-refractivity contribution in [1.82, 2.24) is 4.98 Å². The van der Waals surface area contributed by atoms with Crippen molar-refractivity contribution < 1.29 is 0 Å². The van der Waals surface area contributed by atoms with Crippen LogP contribution >= 0.6 is 11.6 Å². The van der Waals surface area contributed by atoms with Gasteiger partial charge in [-0.25, -0.2) is 0 Å². The number of hydrogen-bond acceptors (Lipinski definition) is 3. The van der Waals surface area contributed by atoms with E-state index in [1.54, 1.807) is 6.07 Å². The van der Waals surface area contributed by atoms with E-state index in [0.29, 0.717) is 16.3 Å². The number of pyridine rings is 1. The van der Waals surface area contributed by atoms with E-state index in [9.17, 15) is 5.26 Å². The minimum Gasteiger partial charge on any atom is -0.353 e. The molecule has 0 amide bonds. The standard InChI is InChI=1S/C17H12ClN3/c1-11-8-9-12-4-2-7-16(17(12)20-11)21-15-6-3-5-14(18)13(15)10-19/h2-9,21H,1H3. The van der Waals surface area contributed by atoms with Gasteiger partial charge in [-0.1, -0.05) is 35.9 Å². The Kier molecular flexibility index (Phi) is 3.47. The van der Waals surface area contributed by atoms with Crippen molar-refractivity contribution in [2.75, 3.05) is 5.32 Å². The van der Waals surface area contributed by atoms with Gasteiger partial charge >= 0.3 is 0 Å². The first-order chi connectivity index (χ1) is 10.2. The number of rotatable bonds is 2. The van der Waals surface area contributed by atoms with Crippen LogP contribution in [-0.4, -0.2) is 4.98 Å². The largest absolute Gasteiger partial charge is 0.353 e. The Bertz CT molecular complexity index is 866. The molecule has 1 N–H and O–H groups in total. The number of halogens is 1. The number of nitrogens with one attached hydrogen (secondary N) is 1. The van der Waals surface area contributed by atoms with E-state index >= 15 is 0 Å². The smallest absolute Gasteiger partial charge is 0.103 e. The zero-order valence-electron chi connectivity index (χ0n) is 11.4. The number of benzene rings is 2. The molecule has 3 nitrogen and oxygen atoms in total. The van der Waals surface area contributed by atoms with Crippen LogP contribution in [0, 0.1) is 18.3 Å². The Balaban J connectivity index is 2.13. The maximum Gasteiger partial charge on any atom is 0.103 e. The Hall–Kier alpha value is -2.57. The Morgan fingerprint density at radius 1 is 1.05 bits per heavy atom. The van der Waals surface area contributed by atoms with Crippen LogP contribution in [0.5, 0.6) is 0 Å². The summed E-state index contributed by atoms with van der Waals surface area (Å²) in [6.45, 7) is 1.95. The molecule has 0 fully saturated rings. The van der Waals surface area contributed by atoms with E-state index in [1.807, 2.05) is 49.4 Å². The van der Waals surface area contributed by atoms with Crippen LogP contribution in [0.2, 0.25) is 5.02 Å². The fourth-order valence-electron chi connectivity index (χ4n) is 2.23. The quantitative estimate of drug-likeness (QED) is 0.737. The van der Waals surface area contributed by atoms with Crippen LogP contribution in [0.1, 0.15) is 11.3 Å². The first kappa shape index (κ1) is 13.4. The normalized spacial score (nSPS) is 10.3. The van der Waals surface area contributed by atoms with Crippen molar-refractivity contribution in [3.63, 3.8) is 0 Å². The van der Waals surface area contributed by atoms with Gasteiger partial charge in [0, 0.05) is 11.1 Å². The average molecular weight is 294 g/mol. The maximum atomic E-state index is 9.24. The molecule has 0 radical (unpaired) electrons. The van der Waals surface area contributed by atoms with Gasteiger partial charge in [-0.15, -0.1) is 0 Å². The van der Waals surface area contributed by atoms with Gasteiger partial charge < -0.3 is 5.32 Å². The molecule has 3 rings (SSSR count). The zero-order chi connectivity index (χ0) is 14.8. The second-order valence-corrected chi connectivity index (χ2v) is 5.14. The fraction of sp³-hybridized carbons (Fsp3) is 0.0588. The van der Waals surface area contributed by atoms with Crippen molar-refractivity contribution in [2.24, 2.45) is 0 Å². The SMILES string of the molecule is Cc1ccc2cccc(Nc3cccc(Cl)c3C#N)c2n1. The van der Waals surface area contributed by atoms with Crippen molar-refractivity contribution in [3.05, 3.63) is 64.8 Å². The predicted octanol–water partition coefficient (Wildman–Crippen LogP) is 4.81. The molecule has 3 aromatic rings. The lowest BCUT2D eigenvalue weighted by Gasteiger charge is -2.11. The minimum atomic E-state index is 0.434. The number of nitriles is 1. The highest BCUT2D eigenvalue weighted by atomic mass is 35.5. The third kappa shape index (κ3) is 2.54. The summed E-state index contributed by atoms with van der Waals surface area (Å²) in [4.78, 5) is 4.57. The molecule has 0 aliphatic rings. The van der Waals surface area contributed by atoms with E-state index in [0.717, 1.165) is 22.3 Å². The van der Waals surface area contributed by atoms with E-state index < -0.39 is 0 Å². The predicted molar refractivity (Wildman–Crippen MR) is 85.9 cm³/mol. The molecule has 1 heterocycles. The third-order valence-electron chi connectivity index (χ3n) is 3.25. The molecule has 0 spiro atoms. The maximum absolute atomic E-state index is 9.24. The molecule has 2 aromatic carbocycles. The summed E-state index contributed by atoms with van der Waals surface area (Å²) in [6.07, 6.45) is 0. The topological polar surface area (TPSA) is 48.7 Å². The third-order valence-corrected chi connectivity index (χ3v) is 3.57. The average Bonchev–Trinajstić information content (AvgIpc) is 2.48. The van der Waals surface area contributed by atoms with Gasteiger partial charge in [0.2, 0.25) is 0 Å². The van der Waals surface area contributed by atoms with Crippen molar-refractivity contribution in [3.8, 4) is 6.07 Å². The first-order valence-corrected chi connectivity index (χ1v) is 6.89. The van der Waals surface area contributed by atoms with E-state index in [2.05, 4.69) is 16.4 Å². The Labute approximate surface area is 127 Å². The highest BCUT2D eigenvalue weighted by Gasteiger charge is 2.09. The monoisotopic (exact) mass is 293 g/mol. The highest BCUT2D eigenvalue weighted by molar-refractivity contribution is 6.32. The van der Waals surface area contributed by atoms with Crippen LogP contribution in [0.4, 0.5) is 11.4 Å². The van der Waals surface area contributed by atoms with Gasteiger partial charge in [0.1, 0.15) is 6.07 Å². The molecule has 0 unspecified atom stereocenters. The summed E-state index contributed by atoms with van der Waals surface area (Å²) < 4.78 is 0. The zero-order valence-corrected chi connectivity index (χ0v) is 12.1. The summed E-state index contributed by atoms with van der Waals surface area (Å²) in [6, 6.07) is 17.4. The van der Waals surface area contributed by atoms with E-state index in [-0.39, 0.29) is 0 Å². The minimum absolute atomic E-state index is 0.434. The fourth-order valence-corrected chi connectivity index (χ4v) is 2.45. The number of anilines is 2. The molecule has 0 saturated heterocycles. The second kappa shape index (κ2) is 5.43. The number of nitrogens with zero attached hydrogens (tertiary/aromatic N) is 2. The van der Waals surface area contributed by atoms with Crippen molar-refractivity contribution in [2.45, 2.75) is 6.92 Å². The summed E-state index contributed by atoms with van der Waals surface area (Å²) in [5.41, 5.74) is 3.80. The van der Waals surface area contributed by atoms with Crippen molar-refractivity contribution >= 4 is 33.9 Å². The highest BCUT2D eigenvalue weighted by Crippen LogP contribution is 2.29. The molecule has 0 atom stereocenters. The second-order valence-electron chi connectivity index (χ2n) is 4.73. The first-order valence-electron chi connectivity index (χ1n) is 6.51. The summed E-state index contributed by atoms with van der Waals surface area (Å²) in [7, 11) is 0. The van der Waals surface area contributed by atoms with Gasteiger partial charge in [-0.3, -0.25) is 4.98 Å². The van der Waals surface area contributed by atoms with Crippen LogP contribution in [0.3, 0.4) is 0 Å². The lowest BCUT2D eigenvalue weighted by atomic mass is 10.1. The number of fused-ring (bicyclic) bond motifs is 1. The molecule has 0 saturated carbocycles. The number of hydrogen-bond donors (Lipinski definition) is 1. The lowest BCUT2D eigenvalue weighted by molar-refractivity contribution is 1.25. The van der Waals surface area contributed by atoms with Gasteiger partial charge in [-0.2, -0.15) is 5.26 Å². The van der Waals surface area contributed by atoms with Crippen LogP contribution in [0.25, 0.3) is 10.9 Å². The van der Waals surface area contributed by atoms with Crippen LogP contribution in [0.15, 0.2) is 48.5 Å². The van der Waals surface area contributed by atoms with Gasteiger partial charge in [0.25, 0.3) is 0 Å². The molecule has 1 aromatic heterocycles. The molecule has 0 aliphatic heterocycles. The molecular weight excluding hydrogens is 282 g/mol. The molecule has 0 bridgehead atoms. The van der Waals surface area contributed by atoms with Gasteiger partial charge in [0.05, 0.1) is 27.5 Å². The van der Waals surface area contributed by atoms with Crippen LogP contribution < -0.4 is 5.32 Å². The number of aromatic nitrogens is 1. The van der Waals surface area contributed by atoms with E-state index in [1.165, 1.54) is 0 Å². The molecule has 21 heavy (non-hydrogen) atoms. The molecule has 4 heteroatoms. The summed E-state index contributed by atoms with van der Waals surface area (Å²) in [5, 5.41) is 14.0. The summed E-state index contributed by atoms with van der Waals surface area (Å²) >= 11 is 6.06. The Morgan fingerprint density at radius 3 is 2.62 bits per heavy atom. The van der Waals surface area contributed by atoms with Crippen LogP contribution in [-0.2, 0) is 0 Å². The summed E-state index contributed by atoms with van der Waals surface area (Å²) in [5.74, 6) is 0. The van der Waals surface area contributed by atoms with Gasteiger partial charge in [-0.05, 0) is 31.2 Å². The van der Waals surface area contributed by atoms with E-state index in [4.69, 9.17) is 11.6 Å². The molecule has 0 aliphatic carbocycles. The lowest BCUT2D eigenvalue weighted by Crippen LogP contribution is -1.96. The Morgan fingerprint density at radius 2 is 1.81 bits per heavy atom. The van der Waals surface area contributed by atoms with Gasteiger partial charge in [0.15, 0.2) is 0 Å². The number of para-hydroxylation sites is 1. The number of aryl methyl sites for hydroxylation is 1. The molecule has 102 valence electrons. The van der Waals surface area contributed by atoms with Crippen molar-refractivity contribution in [1.29, 1.82) is 5.26 Å².